The third-order valence-electron chi connectivity index (χ3n) is 2.49. The van der Waals surface area contributed by atoms with E-state index in [1.807, 2.05) is 0 Å². The van der Waals surface area contributed by atoms with Crippen molar-refractivity contribution >= 4 is 64.2 Å². The normalized spacial score (nSPS) is 8.25. The van der Waals surface area contributed by atoms with Crippen molar-refractivity contribution in [2.24, 2.45) is 0 Å². The molecule has 0 aliphatic carbocycles. The van der Waals surface area contributed by atoms with E-state index < -0.39 is 23.2 Å². The number of nitrogen functional groups attached to an aromatic ring is 1. The quantitative estimate of drug-likeness (QED) is 0.148. The van der Waals surface area contributed by atoms with Crippen LogP contribution in [0.25, 0.3) is 0 Å². The molecule has 0 aliphatic rings. The van der Waals surface area contributed by atoms with Crippen LogP contribution in [-0.4, -0.2) is 32.2 Å². The van der Waals surface area contributed by atoms with Crippen LogP contribution < -0.4 is 45.9 Å². The van der Waals surface area contributed by atoms with Crippen LogP contribution in [-0.2, 0) is 19.2 Å². The van der Waals surface area contributed by atoms with Crippen LogP contribution in [0.5, 0.6) is 0 Å². The van der Waals surface area contributed by atoms with Crippen molar-refractivity contribution in [3.8, 4) is 0 Å². The van der Waals surface area contributed by atoms with Gasteiger partial charge in [-0.05, 0) is 36.4 Å². The van der Waals surface area contributed by atoms with Crippen LogP contribution >= 0.6 is 34.8 Å². The van der Waals surface area contributed by atoms with Crippen molar-refractivity contribution in [3.63, 3.8) is 0 Å². The van der Waals surface area contributed by atoms with Crippen molar-refractivity contribution in [1.29, 1.82) is 0 Å². The van der Waals surface area contributed by atoms with Gasteiger partial charge in [0, 0.05) is 23.0 Å². The Hall–Kier alpha value is -1.86. The second kappa shape index (κ2) is 21.0. The Morgan fingerprint density at radius 2 is 1.47 bits per heavy atom. The molecule has 9 nitrogen and oxygen atoms in total. The van der Waals surface area contributed by atoms with E-state index >= 15 is 0 Å². The fourth-order valence-corrected chi connectivity index (χ4v) is 1.49. The molecule has 0 aliphatic heterocycles. The Labute approximate surface area is 218 Å². The molecule has 0 saturated carbocycles. The first-order valence-corrected chi connectivity index (χ1v) is 8.61. The number of hydrogen-bond acceptors (Lipinski definition) is 8. The van der Waals surface area contributed by atoms with E-state index in [1.165, 1.54) is 38.5 Å². The van der Waals surface area contributed by atoms with E-state index in [0.717, 1.165) is 6.07 Å². The van der Waals surface area contributed by atoms with Gasteiger partial charge in [-0.15, -0.1) is 0 Å². The number of benzene rings is 2. The number of methoxy groups -OCH3 is 2. The van der Waals surface area contributed by atoms with Gasteiger partial charge in [0.05, 0.1) is 24.3 Å². The van der Waals surface area contributed by atoms with Gasteiger partial charge in [0.25, 0.3) is 6.47 Å². The van der Waals surface area contributed by atoms with Crippen molar-refractivity contribution < 1.29 is 72.3 Å². The Bertz CT molecular complexity index is 852. The average molecular weight is 528 g/mol. The molecule has 0 unspecified atom stereocenters. The summed E-state index contributed by atoms with van der Waals surface area (Å²) in [5, 5.41) is 10.8. The number of carbonyl (C=O) groups is 3. The summed E-state index contributed by atoms with van der Waals surface area (Å²) in [6.45, 7) is -0.181. The molecule has 2 aromatic carbocycles. The van der Waals surface area contributed by atoms with Gasteiger partial charge in [0.2, 0.25) is 0 Å². The zero-order valence-corrected chi connectivity index (χ0v) is 21.1. The molecule has 1 amide bonds. The second-order valence-corrected chi connectivity index (χ2v) is 5.68. The molecular formula is C17H16Cl3F2N2NaO7. The van der Waals surface area contributed by atoms with Gasteiger partial charge in [0.15, 0.2) is 0 Å². The molecule has 0 atom stereocenters. The summed E-state index contributed by atoms with van der Waals surface area (Å²) in [6, 6.07) is 8.09. The molecule has 172 valence electrons. The average Bonchev–Trinajstić information content (AvgIpc) is 2.74. The number of amides is 1. The van der Waals surface area contributed by atoms with Crippen LogP contribution in [0.2, 0.25) is 10.0 Å². The minimum Gasteiger partial charge on any atom is -0.662 e. The number of anilines is 2. The zero-order chi connectivity index (χ0) is 24.4. The summed E-state index contributed by atoms with van der Waals surface area (Å²) in [5.74, 6) is -1.06. The predicted octanol–water partition coefficient (Wildman–Crippen LogP) is 1.15. The Kier molecular flexibility index (Phi) is 22.8. The standard InChI is InChI=1S/C8H7ClFNO2.C6H5ClFN.C2H3ClO2.CH2O3.Na/c1-13-8(12)11-5-2-3-6(9)7(10)4-5;7-5-2-1-4(9)3-6(5)8;1-5-2(3)4;2-1-4-3;/h2-4H,1H3,(H,11,12);1-3H,9H2;1H3;1,3H;/q;;;;+1/p-1. The maximum absolute atomic E-state index is 12.8. The Morgan fingerprint density at radius 3 is 1.78 bits per heavy atom. The molecule has 32 heavy (non-hydrogen) atoms. The van der Waals surface area contributed by atoms with Gasteiger partial charge in [0.1, 0.15) is 11.6 Å². The first kappa shape index (κ1) is 34.7. The molecule has 0 aromatic heterocycles. The van der Waals surface area contributed by atoms with Crippen molar-refractivity contribution in [3.05, 3.63) is 58.1 Å². The third kappa shape index (κ3) is 18.9. The Morgan fingerprint density at radius 1 is 1.03 bits per heavy atom. The third-order valence-corrected chi connectivity index (χ3v) is 3.26. The summed E-state index contributed by atoms with van der Waals surface area (Å²) in [4.78, 5) is 31.3. The van der Waals surface area contributed by atoms with Crippen LogP contribution in [0.3, 0.4) is 0 Å². The molecule has 0 radical (unpaired) electrons. The summed E-state index contributed by atoms with van der Waals surface area (Å²) in [6.07, 6.45) is -0.651. The van der Waals surface area contributed by atoms with Crippen LogP contribution in [0.4, 0.5) is 29.7 Å². The van der Waals surface area contributed by atoms with Crippen molar-refractivity contribution in [2.45, 2.75) is 0 Å². The van der Waals surface area contributed by atoms with Gasteiger partial charge in [-0.2, -0.15) is 0 Å². The zero-order valence-electron chi connectivity index (χ0n) is 16.9. The number of nitrogens with two attached hydrogens (primary N) is 1. The van der Waals surface area contributed by atoms with Crippen LogP contribution in [0, 0.1) is 11.6 Å². The second-order valence-electron chi connectivity index (χ2n) is 4.55. The fraction of sp³-hybridized carbons (Fsp3) is 0.118. The summed E-state index contributed by atoms with van der Waals surface area (Å²) in [7, 11) is 2.44. The molecule has 3 N–H and O–H groups in total. The van der Waals surface area contributed by atoms with Gasteiger partial charge < -0.3 is 25.4 Å². The summed E-state index contributed by atoms with van der Waals surface area (Å²) in [5.41, 5.74) is 5.14. The number of halogens is 5. The largest absolute Gasteiger partial charge is 1.00 e. The van der Waals surface area contributed by atoms with E-state index in [2.05, 4.69) is 31.3 Å². The summed E-state index contributed by atoms with van der Waals surface area (Å²) < 4.78 is 33.4. The minimum absolute atomic E-state index is 0. The van der Waals surface area contributed by atoms with Crippen molar-refractivity contribution in [1.82, 2.24) is 0 Å². The fourth-order valence-electron chi connectivity index (χ4n) is 1.26. The monoisotopic (exact) mass is 526 g/mol. The first-order chi connectivity index (χ1) is 14.5. The van der Waals surface area contributed by atoms with E-state index in [4.69, 9.17) is 39.0 Å². The van der Waals surface area contributed by atoms with E-state index in [0.29, 0.717) is 11.4 Å². The first-order valence-electron chi connectivity index (χ1n) is 7.48. The number of hydrogen-bond donors (Lipinski definition) is 2. The molecule has 0 heterocycles. The molecule has 0 bridgehead atoms. The van der Waals surface area contributed by atoms with E-state index in [9.17, 15) is 18.4 Å². The maximum atomic E-state index is 12.8. The molecule has 15 heteroatoms. The number of rotatable bonds is 2. The van der Waals surface area contributed by atoms with E-state index in [1.54, 1.807) is 6.07 Å². The molecular weight excluding hydrogens is 512 g/mol. The molecule has 2 aromatic rings. The topological polar surface area (TPSA) is 140 Å². The van der Waals surface area contributed by atoms with E-state index in [-0.39, 0.29) is 46.1 Å². The number of nitrogens with one attached hydrogen (secondary N) is 1. The molecule has 0 spiro atoms. The summed E-state index contributed by atoms with van der Waals surface area (Å²) >= 11 is 15.4. The number of ether oxygens (including phenoxy) is 2. The maximum Gasteiger partial charge on any atom is 1.00 e. The van der Waals surface area contributed by atoms with Gasteiger partial charge in [-0.3, -0.25) is 10.1 Å². The molecule has 2 rings (SSSR count). The van der Waals surface area contributed by atoms with Crippen molar-refractivity contribution in [2.75, 3.05) is 25.3 Å². The van der Waals surface area contributed by atoms with Gasteiger partial charge >= 0.3 is 41.1 Å². The van der Waals surface area contributed by atoms with Crippen LogP contribution in [0.1, 0.15) is 0 Å². The molecule has 0 fully saturated rings. The minimum atomic E-state index is -0.773. The SMILES string of the molecule is COC(=O)Cl.COC(=O)Nc1ccc(Cl)c(F)c1.Nc1ccc(Cl)c(F)c1.O=CO[O-].[Na+]. The van der Waals surface area contributed by atoms with Gasteiger partial charge in [-0.25, -0.2) is 18.4 Å². The van der Waals surface area contributed by atoms with Gasteiger partial charge in [-0.1, -0.05) is 23.2 Å². The van der Waals surface area contributed by atoms with Crippen LogP contribution in [0.15, 0.2) is 36.4 Å². The Balaban J connectivity index is -0.000000386. The number of carbonyl (C=O) groups excluding carboxylic acids is 3. The predicted molar refractivity (Wildman–Crippen MR) is 109 cm³/mol. The molecule has 0 saturated heterocycles. The smallest absolute Gasteiger partial charge is 0.662 e.